The van der Waals surface area contributed by atoms with Crippen LogP contribution < -0.4 is 10.7 Å². The Bertz CT molecular complexity index is 1100. The van der Waals surface area contributed by atoms with E-state index in [1.807, 2.05) is 30.3 Å². The van der Waals surface area contributed by atoms with Crippen LogP contribution in [-0.2, 0) is 21.2 Å². The molecule has 1 saturated heterocycles. The molecule has 3 rings (SSSR count). The van der Waals surface area contributed by atoms with Gasteiger partial charge in [0, 0.05) is 19.7 Å². The number of hydrazine groups is 1. The van der Waals surface area contributed by atoms with Gasteiger partial charge < -0.3 is 5.32 Å². The predicted octanol–water partition coefficient (Wildman–Crippen LogP) is 1.52. The van der Waals surface area contributed by atoms with Crippen LogP contribution >= 0.6 is 0 Å². The summed E-state index contributed by atoms with van der Waals surface area (Å²) in [6.45, 7) is 1.61. The van der Waals surface area contributed by atoms with Gasteiger partial charge in [-0.15, -0.1) is 0 Å². The number of carbonyl (C=O) groups is 3. The van der Waals surface area contributed by atoms with E-state index in [1.165, 1.54) is 38.4 Å². The van der Waals surface area contributed by atoms with Crippen LogP contribution in [0.25, 0.3) is 0 Å². The van der Waals surface area contributed by atoms with Crippen molar-refractivity contribution < 1.29 is 22.8 Å². The molecule has 0 saturated carbocycles. The molecule has 10 heteroatoms. The van der Waals surface area contributed by atoms with Crippen LogP contribution in [0.5, 0.6) is 0 Å². The van der Waals surface area contributed by atoms with Gasteiger partial charge in [0.2, 0.25) is 10.0 Å². The first-order valence-corrected chi connectivity index (χ1v) is 11.0. The molecule has 31 heavy (non-hydrogen) atoms. The van der Waals surface area contributed by atoms with E-state index in [0.717, 1.165) is 9.87 Å². The highest BCUT2D eigenvalue weighted by atomic mass is 32.2. The molecule has 164 valence electrons. The minimum atomic E-state index is -3.63. The van der Waals surface area contributed by atoms with Crippen molar-refractivity contribution in [3.63, 3.8) is 0 Å². The van der Waals surface area contributed by atoms with Gasteiger partial charge in [-0.25, -0.2) is 17.5 Å². The maximum atomic E-state index is 12.8. The topological polar surface area (TPSA) is 116 Å². The summed E-state index contributed by atoms with van der Waals surface area (Å²) in [4.78, 5) is 37.7. The second-order valence-corrected chi connectivity index (χ2v) is 9.79. The molecule has 0 aliphatic carbocycles. The van der Waals surface area contributed by atoms with Crippen molar-refractivity contribution in [2.24, 2.45) is 0 Å². The number of urea groups is 1. The van der Waals surface area contributed by atoms with Crippen LogP contribution in [0.2, 0.25) is 0 Å². The van der Waals surface area contributed by atoms with Crippen molar-refractivity contribution in [1.82, 2.24) is 20.1 Å². The van der Waals surface area contributed by atoms with Crippen molar-refractivity contribution in [3.8, 4) is 0 Å². The molecule has 1 unspecified atom stereocenters. The SMILES string of the molecule is CN(C)S(=O)(=O)c1ccc(C(=O)NN2C(=O)NC(C)(CCc3ccccc3)C2=O)cc1. The van der Waals surface area contributed by atoms with Crippen molar-refractivity contribution in [2.75, 3.05) is 14.1 Å². The van der Waals surface area contributed by atoms with Gasteiger partial charge in [-0.05, 0) is 49.6 Å². The maximum absolute atomic E-state index is 12.8. The molecular formula is C21H24N4O5S. The number of hydrogen-bond donors (Lipinski definition) is 2. The minimum absolute atomic E-state index is 0.0255. The number of amides is 4. The maximum Gasteiger partial charge on any atom is 0.344 e. The van der Waals surface area contributed by atoms with E-state index in [4.69, 9.17) is 0 Å². The number of carbonyl (C=O) groups excluding carboxylic acids is 3. The van der Waals surface area contributed by atoms with E-state index in [9.17, 15) is 22.8 Å². The third-order valence-corrected chi connectivity index (χ3v) is 6.96. The number of hydrogen-bond acceptors (Lipinski definition) is 5. The third kappa shape index (κ3) is 4.59. The Labute approximate surface area is 181 Å². The van der Waals surface area contributed by atoms with Gasteiger partial charge in [-0.2, -0.15) is 5.01 Å². The molecule has 2 N–H and O–H groups in total. The Balaban J connectivity index is 1.68. The van der Waals surface area contributed by atoms with Crippen LogP contribution in [0.3, 0.4) is 0 Å². The lowest BCUT2D eigenvalue weighted by atomic mass is 9.93. The van der Waals surface area contributed by atoms with Crippen molar-refractivity contribution in [1.29, 1.82) is 0 Å². The van der Waals surface area contributed by atoms with Gasteiger partial charge in [-0.3, -0.25) is 15.0 Å². The Morgan fingerprint density at radius 1 is 1.06 bits per heavy atom. The molecule has 2 aromatic carbocycles. The first-order valence-electron chi connectivity index (χ1n) is 9.59. The molecule has 1 aliphatic rings. The van der Waals surface area contributed by atoms with E-state index in [2.05, 4.69) is 10.7 Å². The summed E-state index contributed by atoms with van der Waals surface area (Å²) >= 11 is 0. The fraction of sp³-hybridized carbons (Fsp3) is 0.286. The largest absolute Gasteiger partial charge is 0.344 e. The summed E-state index contributed by atoms with van der Waals surface area (Å²) in [5.41, 5.74) is 2.29. The monoisotopic (exact) mass is 444 g/mol. The van der Waals surface area contributed by atoms with Crippen LogP contribution in [0.1, 0.15) is 29.3 Å². The Morgan fingerprint density at radius 3 is 2.26 bits per heavy atom. The molecule has 1 aliphatic heterocycles. The molecule has 0 radical (unpaired) electrons. The van der Waals surface area contributed by atoms with E-state index in [-0.39, 0.29) is 10.5 Å². The number of rotatable bonds is 7. The minimum Gasteiger partial charge on any atom is -0.322 e. The molecule has 1 atom stereocenters. The smallest absolute Gasteiger partial charge is 0.322 e. The molecule has 4 amide bonds. The number of nitrogens with one attached hydrogen (secondary N) is 2. The lowest BCUT2D eigenvalue weighted by molar-refractivity contribution is -0.132. The summed E-state index contributed by atoms with van der Waals surface area (Å²) < 4.78 is 25.3. The average Bonchev–Trinajstić information content (AvgIpc) is 2.96. The average molecular weight is 445 g/mol. The lowest BCUT2D eigenvalue weighted by Crippen LogP contribution is -2.48. The molecule has 0 spiro atoms. The Kier molecular flexibility index (Phi) is 6.14. The van der Waals surface area contributed by atoms with Gasteiger partial charge >= 0.3 is 6.03 Å². The Hall–Kier alpha value is -3.24. The van der Waals surface area contributed by atoms with Crippen LogP contribution in [0.15, 0.2) is 59.5 Å². The first-order chi connectivity index (χ1) is 14.5. The third-order valence-electron chi connectivity index (χ3n) is 5.13. The highest BCUT2D eigenvalue weighted by Gasteiger charge is 2.48. The van der Waals surface area contributed by atoms with Gasteiger partial charge in [0.05, 0.1) is 4.90 Å². The van der Waals surface area contributed by atoms with E-state index in [1.54, 1.807) is 6.92 Å². The van der Waals surface area contributed by atoms with Crippen molar-refractivity contribution in [3.05, 3.63) is 65.7 Å². The zero-order chi connectivity index (χ0) is 22.8. The van der Waals surface area contributed by atoms with E-state index < -0.39 is 33.4 Å². The van der Waals surface area contributed by atoms with Crippen LogP contribution in [0, 0.1) is 0 Å². The number of nitrogens with zero attached hydrogens (tertiary/aromatic N) is 2. The lowest BCUT2D eigenvalue weighted by Gasteiger charge is -2.21. The predicted molar refractivity (Wildman–Crippen MR) is 113 cm³/mol. The van der Waals surface area contributed by atoms with Crippen LogP contribution in [0.4, 0.5) is 4.79 Å². The first kappa shape index (κ1) is 22.4. The van der Waals surface area contributed by atoms with Crippen LogP contribution in [-0.4, -0.2) is 55.2 Å². The highest BCUT2D eigenvalue weighted by molar-refractivity contribution is 7.89. The van der Waals surface area contributed by atoms with E-state index in [0.29, 0.717) is 17.9 Å². The second-order valence-electron chi connectivity index (χ2n) is 7.64. The quantitative estimate of drug-likeness (QED) is 0.629. The molecule has 9 nitrogen and oxygen atoms in total. The molecular weight excluding hydrogens is 420 g/mol. The van der Waals surface area contributed by atoms with Crippen molar-refractivity contribution >= 4 is 27.9 Å². The summed E-state index contributed by atoms with van der Waals surface area (Å²) in [7, 11) is -0.821. The fourth-order valence-electron chi connectivity index (χ4n) is 3.15. The van der Waals surface area contributed by atoms with Gasteiger partial charge in [0.15, 0.2) is 0 Å². The van der Waals surface area contributed by atoms with Gasteiger partial charge in [0.1, 0.15) is 5.54 Å². The second kappa shape index (κ2) is 8.48. The summed E-state index contributed by atoms with van der Waals surface area (Å²) in [5.74, 6) is -1.27. The van der Waals surface area contributed by atoms with Gasteiger partial charge in [-0.1, -0.05) is 30.3 Å². The number of benzene rings is 2. The Morgan fingerprint density at radius 2 is 1.68 bits per heavy atom. The number of sulfonamides is 1. The zero-order valence-corrected chi connectivity index (χ0v) is 18.3. The fourth-order valence-corrected chi connectivity index (χ4v) is 4.05. The molecule has 0 aromatic heterocycles. The van der Waals surface area contributed by atoms with E-state index >= 15 is 0 Å². The molecule has 2 aromatic rings. The molecule has 1 heterocycles. The van der Waals surface area contributed by atoms with Gasteiger partial charge in [0.25, 0.3) is 11.8 Å². The number of imide groups is 1. The number of aryl methyl sites for hydroxylation is 1. The highest BCUT2D eigenvalue weighted by Crippen LogP contribution is 2.22. The van der Waals surface area contributed by atoms with Crippen molar-refractivity contribution in [2.45, 2.75) is 30.2 Å². The normalized spacial score (nSPS) is 18.9. The zero-order valence-electron chi connectivity index (χ0n) is 17.5. The standard InChI is InChI=1S/C21H24N4O5S/c1-21(14-13-15-7-5-4-6-8-15)19(27)25(20(28)22-21)23-18(26)16-9-11-17(12-10-16)31(29,30)24(2)3/h4-12H,13-14H2,1-3H3,(H,22,28)(H,23,26). The summed E-state index contributed by atoms with van der Waals surface area (Å²) in [6, 6.07) is 14.1. The summed E-state index contributed by atoms with van der Waals surface area (Å²) in [6.07, 6.45) is 0.942. The molecule has 0 bridgehead atoms. The molecule has 1 fully saturated rings. The summed E-state index contributed by atoms with van der Waals surface area (Å²) in [5, 5.41) is 3.30.